The van der Waals surface area contributed by atoms with Gasteiger partial charge in [0.05, 0.1) is 6.20 Å². The molecule has 1 heterocycles. The minimum Gasteiger partial charge on any atom is -0.466 e. The summed E-state index contributed by atoms with van der Waals surface area (Å²) in [7, 11) is 3.40. The molecule has 0 aliphatic carbocycles. The fourth-order valence-electron chi connectivity index (χ4n) is 0.774. The summed E-state index contributed by atoms with van der Waals surface area (Å²) in [5.74, 6) is -0.0593. The fraction of sp³-hybridized carbons (Fsp3) is 0.333. The number of hydrogen-bond donors (Lipinski definition) is 0. The molecule has 4 nitrogen and oxygen atoms in total. The Morgan fingerprint density at radius 2 is 2.50 bits per heavy atom. The smallest absolute Gasteiger partial charge is 0.274 e. The monoisotopic (exact) mass is 212 g/mol. The van der Waals surface area contributed by atoms with Crippen molar-refractivity contribution in [1.82, 2.24) is 9.88 Å². The van der Waals surface area contributed by atoms with Crippen molar-refractivity contribution in [1.29, 1.82) is 0 Å². The zero-order valence-electron chi connectivity index (χ0n) is 8.19. The van der Waals surface area contributed by atoms with Crippen LogP contribution in [0.15, 0.2) is 18.9 Å². The standard InChI is InChI=1S/C9H12N2O2S/c1-4-5-13-9-10-6-7(14-9)8(12)11(2)3/h4,6H,1,5H2,2-3H3. The average Bonchev–Trinajstić information content (AvgIpc) is 2.61. The Balaban J connectivity index is 2.67. The predicted octanol–water partition coefficient (Wildman–Crippen LogP) is 1.41. The molecule has 0 aliphatic rings. The van der Waals surface area contributed by atoms with Gasteiger partial charge in [0.1, 0.15) is 11.5 Å². The maximum atomic E-state index is 11.5. The van der Waals surface area contributed by atoms with Crippen LogP contribution in [0.1, 0.15) is 9.67 Å². The van der Waals surface area contributed by atoms with Crippen LogP contribution in [0.2, 0.25) is 0 Å². The van der Waals surface area contributed by atoms with E-state index in [2.05, 4.69) is 11.6 Å². The molecule has 1 rings (SSSR count). The number of rotatable bonds is 4. The number of carbonyl (C=O) groups is 1. The summed E-state index contributed by atoms with van der Waals surface area (Å²) >= 11 is 1.24. The van der Waals surface area contributed by atoms with E-state index >= 15 is 0 Å². The van der Waals surface area contributed by atoms with Gasteiger partial charge in [-0.1, -0.05) is 24.0 Å². The highest BCUT2D eigenvalue weighted by Gasteiger charge is 2.12. The topological polar surface area (TPSA) is 42.4 Å². The van der Waals surface area contributed by atoms with E-state index in [4.69, 9.17) is 4.74 Å². The van der Waals surface area contributed by atoms with Crippen LogP contribution in [-0.2, 0) is 0 Å². The summed E-state index contributed by atoms with van der Waals surface area (Å²) in [6, 6.07) is 0. The first kappa shape index (κ1) is 10.7. The van der Waals surface area contributed by atoms with Gasteiger partial charge in [-0.2, -0.15) is 0 Å². The van der Waals surface area contributed by atoms with Crippen LogP contribution in [0.4, 0.5) is 0 Å². The first-order valence-corrected chi connectivity index (χ1v) is 4.88. The molecule has 14 heavy (non-hydrogen) atoms. The quantitative estimate of drug-likeness (QED) is 0.709. The SMILES string of the molecule is C=CCOc1ncc(C(=O)N(C)C)s1. The molecular formula is C9H12N2O2S. The second-order valence-electron chi connectivity index (χ2n) is 2.79. The highest BCUT2D eigenvalue weighted by atomic mass is 32.1. The maximum Gasteiger partial charge on any atom is 0.274 e. The third-order valence-corrected chi connectivity index (χ3v) is 2.32. The van der Waals surface area contributed by atoms with Crippen molar-refractivity contribution in [2.24, 2.45) is 0 Å². The molecule has 0 atom stereocenters. The molecule has 0 radical (unpaired) electrons. The van der Waals surface area contributed by atoms with E-state index in [1.165, 1.54) is 22.4 Å². The molecular weight excluding hydrogens is 200 g/mol. The van der Waals surface area contributed by atoms with Crippen molar-refractivity contribution in [2.75, 3.05) is 20.7 Å². The molecule has 0 unspecified atom stereocenters. The normalized spacial score (nSPS) is 9.57. The second-order valence-corrected chi connectivity index (χ2v) is 3.78. The number of nitrogens with zero attached hydrogens (tertiary/aromatic N) is 2. The van der Waals surface area contributed by atoms with Crippen molar-refractivity contribution >= 4 is 17.2 Å². The van der Waals surface area contributed by atoms with E-state index in [1.54, 1.807) is 20.2 Å². The van der Waals surface area contributed by atoms with Crippen LogP contribution in [-0.4, -0.2) is 36.5 Å². The summed E-state index contributed by atoms with van der Waals surface area (Å²) < 4.78 is 5.18. The molecule has 0 spiro atoms. The van der Waals surface area contributed by atoms with Crippen molar-refractivity contribution in [3.05, 3.63) is 23.7 Å². The minimum atomic E-state index is -0.0593. The highest BCUT2D eigenvalue weighted by molar-refractivity contribution is 7.15. The van der Waals surface area contributed by atoms with Gasteiger partial charge in [0, 0.05) is 14.1 Å². The van der Waals surface area contributed by atoms with Gasteiger partial charge in [0.2, 0.25) is 0 Å². The average molecular weight is 212 g/mol. The summed E-state index contributed by atoms with van der Waals surface area (Å²) in [5.41, 5.74) is 0. The minimum absolute atomic E-state index is 0.0593. The Labute approximate surface area is 86.8 Å². The van der Waals surface area contributed by atoms with Crippen LogP contribution in [0.25, 0.3) is 0 Å². The predicted molar refractivity (Wildman–Crippen MR) is 55.8 cm³/mol. The summed E-state index contributed by atoms with van der Waals surface area (Å²) in [5, 5.41) is 0.495. The van der Waals surface area contributed by atoms with E-state index in [0.29, 0.717) is 16.7 Å². The molecule has 1 amide bonds. The van der Waals surface area contributed by atoms with Crippen LogP contribution < -0.4 is 4.74 Å². The van der Waals surface area contributed by atoms with Gasteiger partial charge in [-0.15, -0.1) is 0 Å². The summed E-state index contributed by atoms with van der Waals surface area (Å²) in [4.78, 5) is 17.5. The van der Waals surface area contributed by atoms with E-state index in [-0.39, 0.29) is 5.91 Å². The number of carbonyl (C=O) groups excluding carboxylic acids is 1. The molecule has 76 valence electrons. The second kappa shape index (κ2) is 4.76. The third kappa shape index (κ3) is 2.56. The van der Waals surface area contributed by atoms with Gasteiger partial charge in [-0.3, -0.25) is 4.79 Å². The summed E-state index contributed by atoms with van der Waals surface area (Å²) in [6.45, 7) is 3.93. The Hall–Kier alpha value is -1.36. The van der Waals surface area contributed by atoms with Crippen LogP contribution in [0, 0.1) is 0 Å². The molecule has 5 heteroatoms. The lowest BCUT2D eigenvalue weighted by Gasteiger charge is -2.06. The molecule has 0 aliphatic heterocycles. The third-order valence-electron chi connectivity index (χ3n) is 1.43. The molecule has 0 aromatic carbocycles. The van der Waals surface area contributed by atoms with E-state index in [0.717, 1.165) is 0 Å². The van der Waals surface area contributed by atoms with E-state index < -0.39 is 0 Å². The largest absolute Gasteiger partial charge is 0.466 e. The molecule has 0 fully saturated rings. The van der Waals surface area contributed by atoms with Gasteiger partial charge < -0.3 is 9.64 Å². The Bertz CT molecular complexity index is 333. The molecule has 0 saturated carbocycles. The van der Waals surface area contributed by atoms with Crippen LogP contribution in [0.5, 0.6) is 5.19 Å². The van der Waals surface area contributed by atoms with Crippen molar-refractivity contribution < 1.29 is 9.53 Å². The summed E-state index contributed by atoms with van der Waals surface area (Å²) in [6.07, 6.45) is 3.15. The maximum absolute atomic E-state index is 11.5. The Kier molecular flexibility index (Phi) is 3.64. The molecule has 1 aromatic rings. The highest BCUT2D eigenvalue weighted by Crippen LogP contribution is 2.21. The fourth-order valence-corrected chi connectivity index (χ4v) is 1.57. The van der Waals surface area contributed by atoms with Crippen molar-refractivity contribution in [3.63, 3.8) is 0 Å². The van der Waals surface area contributed by atoms with Crippen LogP contribution in [0.3, 0.4) is 0 Å². The Morgan fingerprint density at radius 3 is 3.07 bits per heavy atom. The number of aromatic nitrogens is 1. The lowest BCUT2D eigenvalue weighted by atomic mass is 10.5. The van der Waals surface area contributed by atoms with E-state index in [1.807, 2.05) is 0 Å². The van der Waals surface area contributed by atoms with Crippen molar-refractivity contribution in [2.45, 2.75) is 0 Å². The molecule has 0 N–H and O–H groups in total. The lowest BCUT2D eigenvalue weighted by molar-refractivity contribution is 0.0832. The lowest BCUT2D eigenvalue weighted by Crippen LogP contribution is -2.20. The van der Waals surface area contributed by atoms with Crippen molar-refractivity contribution in [3.8, 4) is 5.19 Å². The number of hydrogen-bond acceptors (Lipinski definition) is 4. The van der Waals surface area contributed by atoms with Gasteiger partial charge in [-0.25, -0.2) is 4.98 Å². The van der Waals surface area contributed by atoms with Crippen LogP contribution >= 0.6 is 11.3 Å². The first-order chi connectivity index (χ1) is 6.65. The van der Waals surface area contributed by atoms with E-state index in [9.17, 15) is 4.79 Å². The Morgan fingerprint density at radius 1 is 1.79 bits per heavy atom. The van der Waals surface area contributed by atoms with Gasteiger partial charge >= 0.3 is 0 Å². The molecule has 0 saturated heterocycles. The van der Waals surface area contributed by atoms with Gasteiger partial charge in [-0.05, 0) is 0 Å². The van der Waals surface area contributed by atoms with Gasteiger partial charge in [0.15, 0.2) is 0 Å². The number of ether oxygens (including phenoxy) is 1. The number of amides is 1. The molecule has 1 aromatic heterocycles. The zero-order valence-corrected chi connectivity index (χ0v) is 9.00. The molecule has 0 bridgehead atoms. The zero-order chi connectivity index (χ0) is 10.6. The first-order valence-electron chi connectivity index (χ1n) is 4.06. The number of thiazole rings is 1. The van der Waals surface area contributed by atoms with Gasteiger partial charge in [0.25, 0.3) is 11.1 Å².